The molecule has 0 saturated carbocycles. The van der Waals surface area contributed by atoms with Crippen molar-refractivity contribution in [3.05, 3.63) is 24.5 Å². The minimum Gasteiger partial charge on any atom is -0.243 e. The highest BCUT2D eigenvalue weighted by Gasteiger charge is 2.27. The van der Waals surface area contributed by atoms with Gasteiger partial charge in [-0.15, -0.1) is 0 Å². The predicted octanol–water partition coefficient (Wildman–Crippen LogP) is 1.91. The van der Waals surface area contributed by atoms with Gasteiger partial charge in [-0.3, -0.25) is 0 Å². The molecule has 0 unspecified atom stereocenters. The third-order valence-corrected chi connectivity index (χ3v) is 1.94. The Bertz CT molecular complexity index is 497. The molecule has 0 aliphatic rings. The third-order valence-electron chi connectivity index (χ3n) is 1.94. The Morgan fingerprint density at radius 1 is 1.06 bits per heavy atom. The van der Waals surface area contributed by atoms with E-state index in [9.17, 15) is 13.2 Å². The Balaban J connectivity index is 2.20. The van der Waals surface area contributed by atoms with Gasteiger partial charge in [-0.2, -0.15) is 13.2 Å². The Morgan fingerprint density at radius 2 is 1.88 bits per heavy atom. The van der Waals surface area contributed by atoms with Crippen LogP contribution in [0.5, 0.6) is 0 Å². The van der Waals surface area contributed by atoms with Crippen molar-refractivity contribution in [1.29, 1.82) is 0 Å². The zero-order valence-corrected chi connectivity index (χ0v) is 8.07. The van der Waals surface area contributed by atoms with E-state index < -0.39 is 12.6 Å². The van der Waals surface area contributed by atoms with Gasteiger partial charge < -0.3 is 0 Å². The average molecular weight is 228 g/mol. The van der Waals surface area contributed by atoms with Crippen LogP contribution in [0.2, 0.25) is 0 Å². The van der Waals surface area contributed by atoms with E-state index in [1.54, 1.807) is 0 Å². The van der Waals surface area contributed by atoms with Crippen LogP contribution in [-0.4, -0.2) is 26.1 Å². The maximum absolute atomic E-state index is 12.0. The molecule has 0 radical (unpaired) electrons. The molecule has 84 valence electrons. The quantitative estimate of drug-likeness (QED) is 0.787. The number of halogens is 3. The van der Waals surface area contributed by atoms with E-state index >= 15 is 0 Å². The highest BCUT2D eigenvalue weighted by molar-refractivity contribution is 5.71. The van der Waals surface area contributed by atoms with Crippen molar-refractivity contribution in [2.75, 3.05) is 0 Å². The summed E-state index contributed by atoms with van der Waals surface area (Å²) in [5.74, 6) is 0.152. The molecule has 2 aromatic heterocycles. The molecule has 0 aliphatic carbocycles. The van der Waals surface area contributed by atoms with Crippen molar-refractivity contribution in [3.8, 4) is 0 Å². The molecule has 0 atom stereocenters. The van der Waals surface area contributed by atoms with E-state index in [1.807, 2.05) is 0 Å². The largest absolute Gasteiger partial charge is 0.389 e. The summed E-state index contributed by atoms with van der Waals surface area (Å²) in [6.07, 6.45) is -1.16. The van der Waals surface area contributed by atoms with Crippen LogP contribution >= 0.6 is 0 Å². The predicted molar refractivity (Wildman–Crippen MR) is 49.5 cm³/mol. The van der Waals surface area contributed by atoms with E-state index in [4.69, 9.17) is 0 Å². The monoisotopic (exact) mass is 228 g/mol. The summed E-state index contributed by atoms with van der Waals surface area (Å²) in [4.78, 5) is 15.4. The summed E-state index contributed by atoms with van der Waals surface area (Å²) >= 11 is 0. The third kappa shape index (κ3) is 2.62. The van der Waals surface area contributed by atoms with E-state index in [0.29, 0.717) is 11.0 Å². The van der Waals surface area contributed by atoms with Gasteiger partial charge in [0.25, 0.3) is 0 Å². The van der Waals surface area contributed by atoms with Crippen LogP contribution in [-0.2, 0) is 6.42 Å². The molecule has 16 heavy (non-hydrogen) atoms. The van der Waals surface area contributed by atoms with Crippen LogP contribution < -0.4 is 0 Å². The Kier molecular flexibility index (Phi) is 2.67. The standard InChI is InChI=1S/C9H7F3N4/c10-9(11,12)2-1-8-14-4-6-7(16-8)3-13-5-15-6/h3-5H,1-2H2. The highest BCUT2D eigenvalue weighted by atomic mass is 19.4. The van der Waals surface area contributed by atoms with Gasteiger partial charge in [0.1, 0.15) is 23.2 Å². The van der Waals surface area contributed by atoms with Crippen LogP contribution in [0.3, 0.4) is 0 Å². The summed E-state index contributed by atoms with van der Waals surface area (Å²) in [5, 5.41) is 0. The number of hydrogen-bond donors (Lipinski definition) is 0. The molecule has 0 fully saturated rings. The molecule has 4 nitrogen and oxygen atoms in total. The zero-order chi connectivity index (χ0) is 11.6. The molecule has 0 aliphatic heterocycles. The molecule has 7 heteroatoms. The maximum atomic E-state index is 12.0. The van der Waals surface area contributed by atoms with Gasteiger partial charge in [0.2, 0.25) is 0 Å². The Labute approximate surface area is 88.6 Å². The Hall–Kier alpha value is -1.79. The van der Waals surface area contributed by atoms with Crippen LogP contribution in [0.25, 0.3) is 11.0 Å². The van der Waals surface area contributed by atoms with E-state index in [1.165, 1.54) is 18.7 Å². The average Bonchev–Trinajstić information content (AvgIpc) is 2.25. The van der Waals surface area contributed by atoms with E-state index in [2.05, 4.69) is 19.9 Å². The fraction of sp³-hybridized carbons (Fsp3) is 0.333. The van der Waals surface area contributed by atoms with Gasteiger partial charge in [-0.1, -0.05) is 0 Å². The number of fused-ring (bicyclic) bond motifs is 1. The first-order chi connectivity index (χ1) is 7.54. The molecule has 0 aromatic carbocycles. The SMILES string of the molecule is FC(F)(F)CCc1ncc2ncncc2n1. The molecule has 0 spiro atoms. The van der Waals surface area contributed by atoms with E-state index in [0.717, 1.165) is 0 Å². The zero-order valence-electron chi connectivity index (χ0n) is 8.07. The second-order valence-corrected chi connectivity index (χ2v) is 3.19. The molecule has 2 aromatic rings. The van der Waals surface area contributed by atoms with Crippen molar-refractivity contribution in [2.24, 2.45) is 0 Å². The molecule has 2 heterocycles. The summed E-state index contributed by atoms with van der Waals surface area (Å²) in [5.41, 5.74) is 0.973. The fourth-order valence-electron chi connectivity index (χ4n) is 1.19. The number of hydrogen-bond acceptors (Lipinski definition) is 4. The topological polar surface area (TPSA) is 51.6 Å². The first kappa shape index (κ1) is 10.7. The van der Waals surface area contributed by atoms with Gasteiger partial charge in [0.05, 0.1) is 18.8 Å². The van der Waals surface area contributed by atoms with E-state index in [-0.39, 0.29) is 12.2 Å². The summed E-state index contributed by atoms with van der Waals surface area (Å²) in [6.45, 7) is 0. The van der Waals surface area contributed by atoms with Crippen LogP contribution in [0.4, 0.5) is 13.2 Å². The number of nitrogens with zero attached hydrogens (tertiary/aromatic N) is 4. The molecular weight excluding hydrogens is 221 g/mol. The second-order valence-electron chi connectivity index (χ2n) is 3.19. The van der Waals surface area contributed by atoms with Gasteiger partial charge in [-0.25, -0.2) is 19.9 Å². The maximum Gasteiger partial charge on any atom is 0.389 e. The molecular formula is C9H7F3N4. The van der Waals surface area contributed by atoms with Gasteiger partial charge in [0, 0.05) is 6.42 Å². The number of alkyl halides is 3. The Morgan fingerprint density at radius 3 is 2.62 bits per heavy atom. The molecule has 2 rings (SSSR count). The molecule has 0 amide bonds. The fourth-order valence-corrected chi connectivity index (χ4v) is 1.19. The van der Waals surface area contributed by atoms with Crippen molar-refractivity contribution in [1.82, 2.24) is 19.9 Å². The lowest BCUT2D eigenvalue weighted by atomic mass is 10.3. The van der Waals surface area contributed by atoms with Crippen LogP contribution in [0.1, 0.15) is 12.2 Å². The summed E-state index contributed by atoms with van der Waals surface area (Å²) < 4.78 is 35.9. The molecule has 0 saturated heterocycles. The summed E-state index contributed by atoms with van der Waals surface area (Å²) in [6, 6.07) is 0. The number of rotatable bonds is 2. The number of aryl methyl sites for hydroxylation is 1. The lowest BCUT2D eigenvalue weighted by molar-refractivity contribution is -0.134. The molecule has 0 N–H and O–H groups in total. The minimum absolute atomic E-state index is 0.152. The van der Waals surface area contributed by atoms with Gasteiger partial charge in [0.15, 0.2) is 0 Å². The minimum atomic E-state index is -4.19. The highest BCUT2D eigenvalue weighted by Crippen LogP contribution is 2.21. The van der Waals surface area contributed by atoms with Crippen molar-refractivity contribution >= 4 is 11.0 Å². The second kappa shape index (κ2) is 3.99. The van der Waals surface area contributed by atoms with Crippen molar-refractivity contribution < 1.29 is 13.2 Å². The lowest BCUT2D eigenvalue weighted by Crippen LogP contribution is -2.10. The molecule has 0 bridgehead atoms. The van der Waals surface area contributed by atoms with Crippen LogP contribution in [0, 0.1) is 0 Å². The first-order valence-corrected chi connectivity index (χ1v) is 4.53. The van der Waals surface area contributed by atoms with Crippen molar-refractivity contribution in [2.45, 2.75) is 19.0 Å². The first-order valence-electron chi connectivity index (χ1n) is 4.53. The smallest absolute Gasteiger partial charge is 0.243 e. The van der Waals surface area contributed by atoms with Crippen LogP contribution in [0.15, 0.2) is 18.7 Å². The van der Waals surface area contributed by atoms with Gasteiger partial charge >= 0.3 is 6.18 Å². The summed E-state index contributed by atoms with van der Waals surface area (Å²) in [7, 11) is 0. The normalized spacial score (nSPS) is 11.9. The van der Waals surface area contributed by atoms with Gasteiger partial charge in [-0.05, 0) is 0 Å². The number of aromatic nitrogens is 4. The lowest BCUT2D eigenvalue weighted by Gasteiger charge is -2.04. The van der Waals surface area contributed by atoms with Crippen molar-refractivity contribution in [3.63, 3.8) is 0 Å².